The van der Waals surface area contributed by atoms with Crippen molar-refractivity contribution in [2.24, 2.45) is 0 Å². The van der Waals surface area contributed by atoms with Gasteiger partial charge >= 0.3 is 14.0 Å². The van der Waals surface area contributed by atoms with Crippen LogP contribution in [0.3, 0.4) is 0 Å². The molecular weight excluding hydrogens is 1170 g/mol. The van der Waals surface area contributed by atoms with Gasteiger partial charge < -0.3 is 28.4 Å². The average molecular weight is 1220 g/mol. The van der Waals surface area contributed by atoms with Gasteiger partial charge in [0, 0.05) is 55.1 Å². The molecule has 8 nitrogen and oxygen atoms in total. The Balaban J connectivity index is 0.00000589. The zero-order valence-electron chi connectivity index (χ0n) is 45.1. The molecule has 0 amide bonds. The molecule has 0 fully saturated rings. The predicted octanol–water partition coefficient (Wildman–Crippen LogP) is 14.4. The number of imidazole rings is 1. The molecule has 2 aliphatic heterocycles. The third kappa shape index (κ3) is 7.95. The van der Waals surface area contributed by atoms with Crippen molar-refractivity contribution in [2.45, 2.75) is 27.7 Å². The normalized spacial score (nSPS) is 12.9. The molecule has 11 heteroatoms. The van der Waals surface area contributed by atoms with Gasteiger partial charge in [-0.2, -0.15) is 24.3 Å². The van der Waals surface area contributed by atoms with Gasteiger partial charge in [-0.15, -0.1) is 18.2 Å². The van der Waals surface area contributed by atoms with Crippen molar-refractivity contribution in [1.29, 1.82) is 0 Å². The molecule has 0 spiro atoms. The van der Waals surface area contributed by atoms with Gasteiger partial charge in [-0.25, -0.2) is 4.98 Å². The van der Waals surface area contributed by atoms with E-state index in [0.717, 1.165) is 84.8 Å². The van der Waals surface area contributed by atoms with Crippen molar-refractivity contribution in [3.05, 3.63) is 283 Å². The molecule has 10 aromatic carbocycles. The van der Waals surface area contributed by atoms with Gasteiger partial charge in [0.05, 0.1) is 33.4 Å². The largest absolute Gasteiger partial charge is 0.420 e. The Bertz CT molecular complexity index is 4500. The predicted molar refractivity (Wildman–Crippen MR) is 330 cm³/mol. The molecule has 13 aromatic rings. The van der Waals surface area contributed by atoms with Crippen LogP contribution < -0.4 is 34.7 Å². The molecule has 390 valence electrons. The zero-order valence-corrected chi connectivity index (χ0v) is 47.4. The Morgan fingerprint density at radius 1 is 0.407 bits per heavy atom. The number of nitrogens with zero attached hydrogens (tertiary/aromatic N) is 8. The van der Waals surface area contributed by atoms with E-state index >= 15 is 0 Å². The van der Waals surface area contributed by atoms with Gasteiger partial charge in [0.1, 0.15) is 5.82 Å². The summed E-state index contributed by atoms with van der Waals surface area (Å²) >= 11 is 0. The number of aryl methyl sites for hydroxylation is 4. The summed E-state index contributed by atoms with van der Waals surface area (Å²) in [4.78, 5) is 15.0. The molecule has 0 saturated heterocycles. The van der Waals surface area contributed by atoms with Crippen LogP contribution in [-0.4, -0.2) is 28.1 Å². The molecule has 5 heterocycles. The summed E-state index contributed by atoms with van der Waals surface area (Å²) in [6.45, 7) is 8.33. The summed E-state index contributed by atoms with van der Waals surface area (Å²) in [5.41, 5.74) is 21.5. The first kappa shape index (κ1) is 49.9. The summed E-state index contributed by atoms with van der Waals surface area (Å²) in [5, 5.41) is 2.38. The molecule has 0 radical (unpaired) electrons. The van der Waals surface area contributed by atoms with Gasteiger partial charge in [-0.05, 0) is 105 Å². The van der Waals surface area contributed by atoms with Gasteiger partial charge in [0.15, 0.2) is 0 Å². The number of benzene rings is 10. The molecule has 0 saturated carbocycles. The van der Waals surface area contributed by atoms with E-state index in [0.29, 0.717) is 0 Å². The summed E-state index contributed by atoms with van der Waals surface area (Å²) < 4.78 is 6.81. The molecule has 3 aromatic heterocycles. The minimum absolute atomic E-state index is 0. The van der Waals surface area contributed by atoms with E-state index in [2.05, 4.69) is 310 Å². The Morgan fingerprint density at radius 3 is 1.60 bits per heavy atom. The van der Waals surface area contributed by atoms with Gasteiger partial charge in [-0.3, -0.25) is 4.57 Å². The number of pyridine rings is 1. The number of para-hydroxylation sites is 7. The molecule has 0 unspecified atom stereocenters. The molecule has 0 bridgehead atoms. The average Bonchev–Trinajstić information content (AvgIpc) is 4.33. The molecule has 0 aliphatic carbocycles. The molecule has 0 atom stereocenters. The fourth-order valence-electron chi connectivity index (χ4n) is 12.9. The van der Waals surface area contributed by atoms with Crippen LogP contribution in [0.2, 0.25) is 0 Å². The maximum absolute atomic E-state index is 5.20. The van der Waals surface area contributed by atoms with Crippen molar-refractivity contribution >= 4 is 103 Å². The smallest absolute Gasteiger partial charge is 0.415 e. The standard InChI is InChI=1S/C70H52B2N8.Pt/c1-48-23-18-24-49(2)67(48)71-77(53-29-10-6-11-30-53)63-43-42-55(74-47-75(62-39-17-16-38-61(62)74)64-40-21-36-59-58-35-14-15-37-60(58)76(69(59)64)52-27-8-5-9-28-52)46-66(63)79(71)56-33-20-34-57(45-56)80-70-65(41-22-44-73-70)78(54-31-12-7-13-32-54)72(80)68-50(3)25-19-26-51(68)4;/h5-44H,1-4H3;/q-2;. The summed E-state index contributed by atoms with van der Waals surface area (Å²) in [5.74, 6) is 0.869. The fraction of sp³-hybridized carbons (Fsp3) is 0.0571. The van der Waals surface area contributed by atoms with Crippen molar-refractivity contribution in [2.75, 3.05) is 19.2 Å². The number of hydrogen-bond donors (Lipinski definition) is 0. The quantitative estimate of drug-likeness (QED) is 0.0818. The van der Waals surface area contributed by atoms with Crippen LogP contribution in [0.1, 0.15) is 22.3 Å². The maximum atomic E-state index is 5.20. The molecule has 81 heavy (non-hydrogen) atoms. The van der Waals surface area contributed by atoms with Crippen LogP contribution >= 0.6 is 0 Å². The summed E-state index contributed by atoms with van der Waals surface area (Å²) in [7, 11) is 0. The second-order valence-corrected chi connectivity index (χ2v) is 21.0. The summed E-state index contributed by atoms with van der Waals surface area (Å²) in [6, 6.07) is 92.8. The SMILES string of the molecule is Cc1cccc(C)c1B1N(c2[c-]c(N3B(c4c(C)cccc4C)N(c4ccccc4)c4cccnc43)ccc2)c2[c-]c(-n3[c-][n+](-c4cccc5c6ccccc6n(-c6ccccc6)c45)c4ccccc43)ccc2N1c1ccccc1.[Pt]. The number of rotatable bonds is 9. The maximum Gasteiger partial charge on any atom is 0.420 e. The van der Waals surface area contributed by atoms with E-state index in [4.69, 9.17) is 4.98 Å². The van der Waals surface area contributed by atoms with E-state index in [-0.39, 0.29) is 35.0 Å². The zero-order chi connectivity index (χ0) is 53.6. The minimum atomic E-state index is -0.321. The van der Waals surface area contributed by atoms with Gasteiger partial charge in [-0.1, -0.05) is 191 Å². The number of hydrogen-bond acceptors (Lipinski definition) is 5. The first-order valence-corrected chi connectivity index (χ1v) is 27.4. The topological polar surface area (TPSA) is 39.6 Å². The molecule has 15 rings (SSSR count). The fourth-order valence-corrected chi connectivity index (χ4v) is 12.9. The Hall–Kier alpha value is -9.36. The molecule has 2 aliphatic rings. The van der Waals surface area contributed by atoms with Crippen LogP contribution in [0.4, 0.5) is 45.6 Å². The Labute approximate surface area is 487 Å². The molecular formula is C70H52B2N8Pt-2. The first-order valence-electron chi connectivity index (χ1n) is 27.4. The second kappa shape index (κ2) is 20.1. The van der Waals surface area contributed by atoms with Crippen LogP contribution in [-0.2, 0) is 21.1 Å². The number of anilines is 8. The number of aromatic nitrogens is 4. The van der Waals surface area contributed by atoms with Crippen LogP contribution in [0.25, 0.3) is 49.9 Å². The monoisotopic (exact) mass is 1220 g/mol. The van der Waals surface area contributed by atoms with E-state index in [9.17, 15) is 0 Å². The van der Waals surface area contributed by atoms with Crippen molar-refractivity contribution in [3.8, 4) is 17.1 Å². The molecule has 0 N–H and O–H groups in total. The first-order chi connectivity index (χ1) is 39.4. The van der Waals surface area contributed by atoms with E-state index in [1.54, 1.807) is 0 Å². The van der Waals surface area contributed by atoms with Crippen LogP contribution in [0.5, 0.6) is 0 Å². The van der Waals surface area contributed by atoms with E-state index < -0.39 is 0 Å². The Kier molecular flexibility index (Phi) is 12.4. The number of fused-ring (bicyclic) bond motifs is 6. The second-order valence-electron chi connectivity index (χ2n) is 21.0. The third-order valence-electron chi connectivity index (χ3n) is 16.3. The van der Waals surface area contributed by atoms with Crippen molar-refractivity contribution in [1.82, 2.24) is 14.1 Å². The van der Waals surface area contributed by atoms with Crippen LogP contribution in [0.15, 0.2) is 243 Å². The summed E-state index contributed by atoms with van der Waals surface area (Å²) in [6.07, 6.45) is 5.83. The van der Waals surface area contributed by atoms with Crippen LogP contribution in [0, 0.1) is 46.2 Å². The third-order valence-corrected chi connectivity index (χ3v) is 16.3. The minimum Gasteiger partial charge on any atom is -0.415 e. The van der Waals surface area contributed by atoms with Gasteiger partial charge in [0.2, 0.25) is 0 Å². The Morgan fingerprint density at radius 2 is 0.938 bits per heavy atom. The van der Waals surface area contributed by atoms with Gasteiger partial charge in [0.25, 0.3) is 6.33 Å². The van der Waals surface area contributed by atoms with E-state index in [1.165, 1.54) is 44.0 Å². The van der Waals surface area contributed by atoms with Crippen molar-refractivity contribution in [3.63, 3.8) is 0 Å². The van der Waals surface area contributed by atoms with E-state index in [1.807, 2.05) is 12.3 Å². The van der Waals surface area contributed by atoms with Crippen molar-refractivity contribution < 1.29 is 25.6 Å².